The first kappa shape index (κ1) is 21.3. The average molecular weight is 494 g/mol. The predicted molar refractivity (Wildman–Crippen MR) is 128 cm³/mol. The van der Waals surface area contributed by atoms with Crippen LogP contribution in [0.25, 0.3) is 17.1 Å². The third-order valence-electron chi connectivity index (χ3n) is 4.64. The Morgan fingerprint density at radius 3 is 2.48 bits per heavy atom. The molecule has 0 bridgehead atoms. The van der Waals surface area contributed by atoms with Gasteiger partial charge < -0.3 is 5.32 Å². The molecule has 1 N–H and O–H groups in total. The van der Waals surface area contributed by atoms with E-state index in [2.05, 4.69) is 36.4 Å². The minimum absolute atomic E-state index is 0.101. The van der Waals surface area contributed by atoms with Crippen LogP contribution < -0.4 is 5.32 Å². The molecule has 0 aliphatic rings. The maximum absolute atomic E-state index is 12.5. The van der Waals surface area contributed by atoms with Crippen LogP contribution in [0.5, 0.6) is 0 Å². The molecule has 8 heteroatoms. The van der Waals surface area contributed by atoms with Crippen molar-refractivity contribution in [2.75, 3.05) is 11.1 Å². The number of amides is 1. The SMILES string of the molecule is Cc1ccc(-n2c(SCC(=O)Nc3ccc(Br)c(C)c3)nnc2-c2ccncc2)cc1. The van der Waals surface area contributed by atoms with E-state index in [1.54, 1.807) is 12.4 Å². The Morgan fingerprint density at radius 1 is 1.03 bits per heavy atom. The molecule has 2 aromatic heterocycles. The van der Waals surface area contributed by atoms with Crippen LogP contribution in [0.4, 0.5) is 5.69 Å². The van der Waals surface area contributed by atoms with Crippen molar-refractivity contribution in [1.29, 1.82) is 0 Å². The number of hydrogen-bond acceptors (Lipinski definition) is 5. The molecular formula is C23H20BrN5OS. The van der Waals surface area contributed by atoms with Gasteiger partial charge in [0.2, 0.25) is 5.91 Å². The lowest BCUT2D eigenvalue weighted by Crippen LogP contribution is -2.14. The minimum atomic E-state index is -0.101. The summed E-state index contributed by atoms with van der Waals surface area (Å²) >= 11 is 4.82. The number of aromatic nitrogens is 4. The van der Waals surface area contributed by atoms with Gasteiger partial charge in [-0.25, -0.2) is 0 Å². The van der Waals surface area contributed by atoms with Gasteiger partial charge in [0.05, 0.1) is 5.75 Å². The molecule has 2 aromatic carbocycles. The summed E-state index contributed by atoms with van der Waals surface area (Å²) in [6.45, 7) is 4.03. The fourth-order valence-electron chi connectivity index (χ4n) is 3.03. The van der Waals surface area contributed by atoms with Crippen molar-refractivity contribution >= 4 is 39.3 Å². The van der Waals surface area contributed by atoms with Crippen molar-refractivity contribution in [1.82, 2.24) is 19.7 Å². The highest BCUT2D eigenvalue weighted by Crippen LogP contribution is 2.28. The van der Waals surface area contributed by atoms with Gasteiger partial charge in [-0.1, -0.05) is 45.4 Å². The van der Waals surface area contributed by atoms with Crippen LogP contribution in [0, 0.1) is 13.8 Å². The molecule has 31 heavy (non-hydrogen) atoms. The number of rotatable bonds is 6. The van der Waals surface area contributed by atoms with E-state index in [1.807, 2.05) is 73.0 Å². The molecule has 0 fully saturated rings. The van der Waals surface area contributed by atoms with Gasteiger partial charge in [-0.15, -0.1) is 10.2 Å². The van der Waals surface area contributed by atoms with Crippen molar-refractivity contribution < 1.29 is 4.79 Å². The van der Waals surface area contributed by atoms with Gasteiger partial charge in [-0.3, -0.25) is 14.3 Å². The molecule has 156 valence electrons. The van der Waals surface area contributed by atoms with E-state index in [4.69, 9.17) is 0 Å². The number of benzene rings is 2. The molecule has 0 atom stereocenters. The van der Waals surface area contributed by atoms with E-state index in [0.717, 1.165) is 27.0 Å². The lowest BCUT2D eigenvalue weighted by atomic mass is 10.2. The second kappa shape index (κ2) is 9.45. The monoisotopic (exact) mass is 493 g/mol. The van der Waals surface area contributed by atoms with Crippen molar-refractivity contribution in [3.63, 3.8) is 0 Å². The maximum atomic E-state index is 12.5. The summed E-state index contributed by atoms with van der Waals surface area (Å²) in [4.78, 5) is 16.6. The van der Waals surface area contributed by atoms with Crippen LogP contribution >= 0.6 is 27.7 Å². The predicted octanol–water partition coefficient (Wildman–Crippen LogP) is 5.44. The molecule has 1 amide bonds. The van der Waals surface area contributed by atoms with Crippen molar-refractivity contribution in [3.05, 3.63) is 82.6 Å². The Morgan fingerprint density at radius 2 is 1.77 bits per heavy atom. The van der Waals surface area contributed by atoms with Gasteiger partial charge >= 0.3 is 0 Å². The summed E-state index contributed by atoms with van der Waals surface area (Å²) in [6, 6.07) is 17.7. The molecule has 4 rings (SSSR count). The normalized spacial score (nSPS) is 10.8. The summed E-state index contributed by atoms with van der Waals surface area (Å²) in [7, 11) is 0. The number of pyridine rings is 1. The maximum Gasteiger partial charge on any atom is 0.234 e. The second-order valence-electron chi connectivity index (χ2n) is 7.01. The van der Waals surface area contributed by atoms with Crippen molar-refractivity contribution in [3.8, 4) is 17.1 Å². The molecule has 6 nitrogen and oxygen atoms in total. The summed E-state index contributed by atoms with van der Waals surface area (Å²) in [5.41, 5.74) is 4.84. The molecule has 0 aliphatic carbocycles. The quantitative estimate of drug-likeness (QED) is 0.362. The zero-order valence-corrected chi connectivity index (χ0v) is 19.4. The first-order chi connectivity index (χ1) is 15.0. The van der Waals surface area contributed by atoms with Gasteiger partial charge in [0.25, 0.3) is 0 Å². The number of hydrogen-bond donors (Lipinski definition) is 1. The van der Waals surface area contributed by atoms with Gasteiger partial charge in [-0.2, -0.15) is 0 Å². The zero-order chi connectivity index (χ0) is 21.8. The molecule has 0 saturated heterocycles. The first-order valence-electron chi connectivity index (χ1n) is 9.63. The third-order valence-corrected chi connectivity index (χ3v) is 6.46. The van der Waals surface area contributed by atoms with Gasteiger partial charge in [0.15, 0.2) is 11.0 Å². The van der Waals surface area contributed by atoms with Crippen LogP contribution in [0.15, 0.2) is 76.6 Å². The lowest BCUT2D eigenvalue weighted by molar-refractivity contribution is -0.113. The molecule has 2 heterocycles. The van der Waals surface area contributed by atoms with Crippen LogP contribution in [0.3, 0.4) is 0 Å². The molecule has 0 radical (unpaired) electrons. The number of halogens is 1. The Labute approximate surface area is 193 Å². The molecule has 0 unspecified atom stereocenters. The summed E-state index contributed by atoms with van der Waals surface area (Å²) in [5, 5.41) is 12.4. The Bertz CT molecular complexity index is 1210. The fourth-order valence-corrected chi connectivity index (χ4v) is 4.03. The number of carbonyl (C=O) groups excluding carboxylic acids is 1. The lowest BCUT2D eigenvalue weighted by Gasteiger charge is -2.11. The van der Waals surface area contributed by atoms with Gasteiger partial charge in [0.1, 0.15) is 0 Å². The van der Waals surface area contributed by atoms with E-state index in [-0.39, 0.29) is 11.7 Å². The molecule has 0 spiro atoms. The Kier molecular flexibility index (Phi) is 6.48. The van der Waals surface area contributed by atoms with Crippen molar-refractivity contribution in [2.24, 2.45) is 0 Å². The average Bonchev–Trinajstić information content (AvgIpc) is 3.20. The van der Waals surface area contributed by atoms with Crippen molar-refractivity contribution in [2.45, 2.75) is 19.0 Å². The summed E-state index contributed by atoms with van der Waals surface area (Å²) in [6.07, 6.45) is 3.45. The van der Waals surface area contributed by atoms with Crippen LogP contribution in [-0.4, -0.2) is 31.4 Å². The van der Waals surface area contributed by atoms with E-state index in [0.29, 0.717) is 11.0 Å². The smallest absolute Gasteiger partial charge is 0.234 e. The van der Waals surface area contributed by atoms with E-state index in [9.17, 15) is 4.79 Å². The Hall–Kier alpha value is -2.97. The molecular weight excluding hydrogens is 474 g/mol. The minimum Gasteiger partial charge on any atom is -0.325 e. The highest BCUT2D eigenvalue weighted by molar-refractivity contribution is 9.10. The fraction of sp³-hybridized carbons (Fsp3) is 0.130. The van der Waals surface area contributed by atoms with E-state index in [1.165, 1.54) is 17.3 Å². The highest BCUT2D eigenvalue weighted by Gasteiger charge is 2.17. The third kappa shape index (κ3) is 5.03. The second-order valence-corrected chi connectivity index (χ2v) is 8.81. The largest absolute Gasteiger partial charge is 0.325 e. The number of aryl methyl sites for hydroxylation is 2. The number of thioether (sulfide) groups is 1. The van der Waals surface area contributed by atoms with Crippen LogP contribution in [0.1, 0.15) is 11.1 Å². The molecule has 4 aromatic rings. The van der Waals surface area contributed by atoms with E-state index >= 15 is 0 Å². The summed E-state index contributed by atoms with van der Waals surface area (Å²) < 4.78 is 2.98. The Balaban J connectivity index is 1.57. The number of nitrogens with one attached hydrogen (secondary N) is 1. The van der Waals surface area contributed by atoms with E-state index < -0.39 is 0 Å². The highest BCUT2D eigenvalue weighted by atomic mass is 79.9. The van der Waals surface area contributed by atoms with Gasteiger partial charge in [0, 0.05) is 33.8 Å². The standard InChI is InChI=1S/C23H20BrN5OS/c1-15-3-6-19(7-4-15)29-22(17-9-11-25-12-10-17)27-28-23(29)31-14-21(30)26-18-5-8-20(24)16(2)13-18/h3-13H,14H2,1-2H3,(H,26,30). The van der Waals surface area contributed by atoms with Gasteiger partial charge in [-0.05, 0) is 61.9 Å². The first-order valence-corrected chi connectivity index (χ1v) is 11.4. The number of anilines is 1. The summed E-state index contributed by atoms with van der Waals surface area (Å²) in [5.74, 6) is 0.823. The topological polar surface area (TPSA) is 72.7 Å². The zero-order valence-electron chi connectivity index (χ0n) is 17.0. The van der Waals surface area contributed by atoms with Crippen LogP contribution in [-0.2, 0) is 4.79 Å². The number of nitrogens with zero attached hydrogens (tertiary/aromatic N) is 4. The molecule has 0 aliphatic heterocycles. The van der Waals surface area contributed by atoms with Crippen LogP contribution in [0.2, 0.25) is 0 Å². The number of carbonyl (C=O) groups is 1. The molecule has 0 saturated carbocycles.